The van der Waals surface area contributed by atoms with Crippen molar-refractivity contribution in [2.45, 2.75) is 20.4 Å². The molecule has 0 fully saturated rings. The van der Waals surface area contributed by atoms with E-state index < -0.39 is 0 Å². The van der Waals surface area contributed by atoms with Crippen molar-refractivity contribution in [3.8, 4) is 0 Å². The molecule has 2 amide bonds. The number of halogens is 1. The molecule has 5 nitrogen and oxygen atoms in total. The molecule has 1 atom stereocenters. The molecule has 0 aliphatic carbocycles. The average molecular weight is 372 g/mol. The first-order valence-electron chi connectivity index (χ1n) is 8.92. The van der Waals surface area contributed by atoms with Crippen LogP contribution in [0.4, 0.5) is 10.1 Å². The maximum atomic E-state index is 13.7. The normalized spacial score (nSPS) is 11.7. The topological polar surface area (TPSA) is 53.9 Å². The van der Waals surface area contributed by atoms with Crippen LogP contribution in [-0.2, 0) is 16.1 Å². The molecule has 1 unspecified atom stereocenters. The molecule has 0 aliphatic rings. The Labute approximate surface area is 159 Å². The average Bonchev–Trinajstić information content (AvgIpc) is 2.60. The van der Waals surface area contributed by atoms with E-state index in [-0.39, 0.29) is 37.3 Å². The summed E-state index contributed by atoms with van der Waals surface area (Å²) < 4.78 is 13.7. The molecule has 2 aromatic carbocycles. The number of nitrogens with zero attached hydrogens (tertiary/aromatic N) is 1. The van der Waals surface area contributed by atoms with Crippen molar-refractivity contribution in [3.05, 3.63) is 65.0 Å². The molecule has 27 heavy (non-hydrogen) atoms. The van der Waals surface area contributed by atoms with Gasteiger partial charge in [0, 0.05) is 24.8 Å². The van der Waals surface area contributed by atoms with Crippen molar-refractivity contribution in [2.24, 2.45) is 0 Å². The number of carbonyl (C=O) groups excluding carboxylic acids is 2. The maximum absolute atomic E-state index is 13.7. The van der Waals surface area contributed by atoms with Crippen molar-refractivity contribution in [2.75, 3.05) is 32.5 Å². The molecule has 0 aromatic heterocycles. The smallest absolute Gasteiger partial charge is 0.279 e. The number of amides is 2. The number of likely N-dealkylation sites (N-methyl/N-ethyl adjacent to an activating group) is 2. The molecule has 0 saturated heterocycles. The predicted molar refractivity (Wildman–Crippen MR) is 104 cm³/mol. The first-order valence-corrected chi connectivity index (χ1v) is 8.92. The second-order valence-electron chi connectivity index (χ2n) is 6.97. The van der Waals surface area contributed by atoms with Gasteiger partial charge in [0.1, 0.15) is 5.82 Å². The van der Waals surface area contributed by atoms with Gasteiger partial charge in [-0.15, -0.1) is 0 Å². The Morgan fingerprint density at radius 3 is 2.30 bits per heavy atom. The number of nitrogens with one attached hydrogen (secondary N) is 2. The minimum absolute atomic E-state index is 0.143. The summed E-state index contributed by atoms with van der Waals surface area (Å²) in [6.07, 6.45) is 0. The number of anilines is 1. The van der Waals surface area contributed by atoms with Crippen LogP contribution in [0.2, 0.25) is 0 Å². The SMILES string of the molecule is Cc1cccc(C)c1NC(=O)C[NH+](C)CC(=O)N(C)Cc1ccccc1F. The Kier molecular flexibility index (Phi) is 7.07. The molecule has 0 heterocycles. The van der Waals surface area contributed by atoms with E-state index in [2.05, 4.69) is 5.32 Å². The van der Waals surface area contributed by atoms with E-state index in [1.807, 2.05) is 32.0 Å². The van der Waals surface area contributed by atoms with Crippen LogP contribution in [0, 0.1) is 19.7 Å². The van der Waals surface area contributed by atoms with Crippen molar-refractivity contribution in [3.63, 3.8) is 0 Å². The third kappa shape index (κ3) is 5.89. The Hall–Kier alpha value is -2.73. The number of rotatable bonds is 7. The standard InChI is InChI=1S/C21H26FN3O2/c1-15-8-7-9-16(2)21(15)23-19(26)13-24(3)14-20(27)25(4)12-17-10-5-6-11-18(17)22/h5-11H,12-14H2,1-4H3,(H,23,26)/p+1. The third-order valence-electron chi connectivity index (χ3n) is 4.45. The van der Waals surface area contributed by atoms with Crippen LogP contribution in [0.25, 0.3) is 0 Å². The summed E-state index contributed by atoms with van der Waals surface area (Å²) >= 11 is 0. The van der Waals surface area contributed by atoms with Crippen molar-refractivity contribution < 1.29 is 18.9 Å². The summed E-state index contributed by atoms with van der Waals surface area (Å²) in [7, 11) is 3.43. The van der Waals surface area contributed by atoms with E-state index in [1.165, 1.54) is 11.0 Å². The number of carbonyl (C=O) groups is 2. The van der Waals surface area contributed by atoms with Crippen LogP contribution >= 0.6 is 0 Å². The van der Waals surface area contributed by atoms with Gasteiger partial charge in [-0.1, -0.05) is 36.4 Å². The number of hydrogen-bond donors (Lipinski definition) is 2. The molecule has 0 spiro atoms. The summed E-state index contributed by atoms with van der Waals surface area (Å²) in [4.78, 5) is 26.9. The highest BCUT2D eigenvalue weighted by molar-refractivity contribution is 5.93. The van der Waals surface area contributed by atoms with Crippen LogP contribution in [0.5, 0.6) is 0 Å². The van der Waals surface area contributed by atoms with E-state index in [4.69, 9.17) is 0 Å². The summed E-state index contributed by atoms with van der Waals surface area (Å²) in [6.45, 7) is 4.42. The monoisotopic (exact) mass is 372 g/mol. The van der Waals surface area contributed by atoms with Gasteiger partial charge in [0.05, 0.1) is 7.05 Å². The Morgan fingerprint density at radius 1 is 1.04 bits per heavy atom. The minimum Gasteiger partial charge on any atom is -0.336 e. The lowest BCUT2D eigenvalue weighted by Crippen LogP contribution is -3.11. The molecule has 0 aliphatic heterocycles. The zero-order chi connectivity index (χ0) is 20.0. The highest BCUT2D eigenvalue weighted by Gasteiger charge is 2.19. The van der Waals surface area contributed by atoms with Gasteiger partial charge in [-0.2, -0.15) is 0 Å². The highest BCUT2D eigenvalue weighted by atomic mass is 19.1. The fraction of sp³-hybridized carbons (Fsp3) is 0.333. The number of hydrogen-bond acceptors (Lipinski definition) is 2. The van der Waals surface area contributed by atoms with Gasteiger partial charge in [-0.05, 0) is 31.0 Å². The van der Waals surface area contributed by atoms with E-state index >= 15 is 0 Å². The maximum Gasteiger partial charge on any atom is 0.279 e. The van der Waals surface area contributed by atoms with Crippen molar-refractivity contribution in [1.29, 1.82) is 0 Å². The molecule has 0 radical (unpaired) electrons. The first-order chi connectivity index (χ1) is 12.8. The molecule has 2 rings (SSSR count). The lowest BCUT2D eigenvalue weighted by atomic mass is 10.1. The minimum atomic E-state index is -0.328. The second kappa shape index (κ2) is 9.28. The molecule has 2 N–H and O–H groups in total. The Bertz CT molecular complexity index is 803. The van der Waals surface area contributed by atoms with Crippen LogP contribution in [0.15, 0.2) is 42.5 Å². The Balaban J connectivity index is 1.87. The number of para-hydroxylation sites is 1. The number of benzene rings is 2. The summed E-state index contributed by atoms with van der Waals surface area (Å²) in [5.41, 5.74) is 3.29. The van der Waals surface area contributed by atoms with Crippen LogP contribution in [-0.4, -0.2) is 43.9 Å². The predicted octanol–water partition coefficient (Wildman–Crippen LogP) is 1.55. The number of quaternary nitrogens is 1. The van der Waals surface area contributed by atoms with Gasteiger partial charge in [-0.25, -0.2) is 4.39 Å². The zero-order valence-corrected chi connectivity index (χ0v) is 16.3. The third-order valence-corrected chi connectivity index (χ3v) is 4.45. The van der Waals surface area contributed by atoms with E-state index in [0.717, 1.165) is 21.7 Å². The van der Waals surface area contributed by atoms with Gasteiger partial charge in [-0.3, -0.25) is 9.59 Å². The summed E-state index contributed by atoms with van der Waals surface area (Å²) in [5, 5.41) is 2.92. The summed E-state index contributed by atoms with van der Waals surface area (Å²) in [5.74, 6) is -0.615. The van der Waals surface area contributed by atoms with Crippen LogP contribution in [0.1, 0.15) is 16.7 Å². The zero-order valence-electron chi connectivity index (χ0n) is 16.3. The fourth-order valence-electron chi connectivity index (χ4n) is 2.90. The van der Waals surface area contributed by atoms with E-state index in [0.29, 0.717) is 5.56 Å². The van der Waals surface area contributed by atoms with Crippen LogP contribution in [0.3, 0.4) is 0 Å². The largest absolute Gasteiger partial charge is 0.336 e. The molecule has 6 heteroatoms. The molecule has 2 aromatic rings. The first kappa shape index (κ1) is 20.6. The second-order valence-corrected chi connectivity index (χ2v) is 6.97. The van der Waals surface area contributed by atoms with Gasteiger partial charge in [0.15, 0.2) is 13.1 Å². The Morgan fingerprint density at radius 2 is 1.67 bits per heavy atom. The molecule has 144 valence electrons. The lowest BCUT2D eigenvalue weighted by molar-refractivity contribution is -0.862. The summed E-state index contributed by atoms with van der Waals surface area (Å²) in [6, 6.07) is 12.2. The number of aryl methyl sites for hydroxylation is 2. The molecule has 0 saturated carbocycles. The van der Waals surface area contributed by atoms with Crippen LogP contribution < -0.4 is 10.2 Å². The fourth-order valence-corrected chi connectivity index (χ4v) is 2.90. The van der Waals surface area contributed by atoms with Gasteiger partial charge in [0.25, 0.3) is 11.8 Å². The van der Waals surface area contributed by atoms with Gasteiger partial charge >= 0.3 is 0 Å². The molecular formula is C21H27FN3O2+. The van der Waals surface area contributed by atoms with Gasteiger partial charge in [0.2, 0.25) is 0 Å². The molecular weight excluding hydrogens is 345 g/mol. The van der Waals surface area contributed by atoms with Crippen molar-refractivity contribution in [1.82, 2.24) is 4.90 Å². The van der Waals surface area contributed by atoms with E-state index in [1.54, 1.807) is 32.3 Å². The lowest BCUT2D eigenvalue weighted by Gasteiger charge is -2.20. The van der Waals surface area contributed by atoms with Gasteiger partial charge < -0.3 is 15.1 Å². The highest BCUT2D eigenvalue weighted by Crippen LogP contribution is 2.18. The van der Waals surface area contributed by atoms with Crippen molar-refractivity contribution >= 4 is 17.5 Å². The quantitative estimate of drug-likeness (QED) is 0.775. The molecule has 0 bridgehead atoms. The van der Waals surface area contributed by atoms with E-state index in [9.17, 15) is 14.0 Å².